The minimum atomic E-state index is -0.987. The Morgan fingerprint density at radius 1 is 0.414 bits per heavy atom. The van der Waals surface area contributed by atoms with Gasteiger partial charge >= 0.3 is 0 Å². The fourth-order valence-corrected chi connectivity index (χ4v) is 8.02. The number of rotatable bonds is 18. The standard InChI is InChI=1S/C50H58O8/c1-35-36(2)46(54-31-40-23-13-6-14-24-40)50(57-43(35)34-52-29-38-19-9-4-10-20-38)58-47-44(51)37(3)45(53-30-39-21-11-5-12-22-39)48(55-32-41-25-15-7-16-26-41)49(47)56-33-42-27-17-8-18-28-42/h4-28,35-37,43-51H,29-34H2,1-3H3/t35-,36-,37?,43?,44-,45?,46?,47+,48-,49?,50+/m0/s1. The number of aliphatic hydroxyl groups excluding tert-OH is 1. The van der Waals surface area contributed by atoms with E-state index < -0.39 is 42.9 Å². The van der Waals surface area contributed by atoms with Crippen molar-refractivity contribution in [1.29, 1.82) is 0 Å². The molecule has 1 aliphatic carbocycles. The summed E-state index contributed by atoms with van der Waals surface area (Å²) in [6, 6.07) is 50.4. The summed E-state index contributed by atoms with van der Waals surface area (Å²) in [6.45, 7) is 8.57. The van der Waals surface area contributed by atoms with E-state index in [2.05, 4.69) is 38.1 Å². The summed E-state index contributed by atoms with van der Waals surface area (Å²) in [6.07, 6.45) is -5.28. The van der Waals surface area contributed by atoms with Crippen molar-refractivity contribution in [3.63, 3.8) is 0 Å². The predicted molar refractivity (Wildman–Crippen MR) is 223 cm³/mol. The van der Waals surface area contributed by atoms with Gasteiger partial charge in [0.1, 0.15) is 24.4 Å². The SMILES string of the molecule is CC1C(OCc2ccccc2)[C@H](OCc2ccccc2)C(OCc2ccccc2)[C@H](O[C@H]2OC(COCc3ccccc3)[C@@H](C)[C@H](C)C2OCc2ccccc2)[C@H]1O. The van der Waals surface area contributed by atoms with Crippen LogP contribution in [0.15, 0.2) is 152 Å². The Hall–Kier alpha value is -4.22. The van der Waals surface area contributed by atoms with E-state index >= 15 is 0 Å². The van der Waals surface area contributed by atoms with Gasteiger partial charge in [-0.15, -0.1) is 0 Å². The highest BCUT2D eigenvalue weighted by Gasteiger charge is 2.54. The van der Waals surface area contributed by atoms with Crippen LogP contribution in [0.4, 0.5) is 0 Å². The van der Waals surface area contributed by atoms with Crippen molar-refractivity contribution in [2.24, 2.45) is 17.8 Å². The van der Waals surface area contributed by atoms with Crippen LogP contribution in [0.3, 0.4) is 0 Å². The molecular weight excluding hydrogens is 729 g/mol. The topological polar surface area (TPSA) is 84.8 Å². The first kappa shape index (κ1) is 41.9. The van der Waals surface area contributed by atoms with Crippen molar-refractivity contribution in [3.8, 4) is 0 Å². The zero-order chi connectivity index (χ0) is 40.1. The van der Waals surface area contributed by atoms with Gasteiger partial charge in [0.15, 0.2) is 6.29 Å². The fourth-order valence-electron chi connectivity index (χ4n) is 8.02. The Labute approximate surface area is 344 Å². The number of ether oxygens (including phenoxy) is 7. The molecule has 5 unspecified atom stereocenters. The van der Waals surface area contributed by atoms with Crippen molar-refractivity contribution < 1.29 is 38.3 Å². The van der Waals surface area contributed by atoms with Crippen LogP contribution >= 0.6 is 0 Å². The largest absolute Gasteiger partial charge is 0.390 e. The Morgan fingerprint density at radius 3 is 1.21 bits per heavy atom. The molecule has 0 amide bonds. The second-order valence-electron chi connectivity index (χ2n) is 15.8. The number of aliphatic hydroxyl groups is 1. The van der Waals surface area contributed by atoms with E-state index in [0.29, 0.717) is 33.0 Å². The van der Waals surface area contributed by atoms with E-state index in [1.807, 2.05) is 134 Å². The van der Waals surface area contributed by atoms with E-state index in [1.54, 1.807) is 0 Å². The molecule has 58 heavy (non-hydrogen) atoms. The summed E-state index contributed by atoms with van der Waals surface area (Å²) in [5.74, 6) is -0.268. The molecule has 1 N–H and O–H groups in total. The maximum absolute atomic E-state index is 12.4. The lowest BCUT2D eigenvalue weighted by Crippen LogP contribution is -2.65. The lowest BCUT2D eigenvalue weighted by Gasteiger charge is -2.51. The second-order valence-corrected chi connectivity index (χ2v) is 15.8. The minimum Gasteiger partial charge on any atom is -0.390 e. The minimum absolute atomic E-state index is 0.0294. The van der Waals surface area contributed by atoms with Crippen molar-refractivity contribution in [2.75, 3.05) is 6.61 Å². The van der Waals surface area contributed by atoms with Crippen LogP contribution < -0.4 is 0 Å². The first-order valence-electron chi connectivity index (χ1n) is 20.7. The van der Waals surface area contributed by atoms with Gasteiger partial charge in [-0.2, -0.15) is 0 Å². The number of hydrogen-bond donors (Lipinski definition) is 1. The fraction of sp³-hybridized carbons (Fsp3) is 0.400. The third-order valence-corrected chi connectivity index (χ3v) is 11.7. The van der Waals surface area contributed by atoms with E-state index in [-0.39, 0.29) is 30.5 Å². The monoisotopic (exact) mass is 786 g/mol. The van der Waals surface area contributed by atoms with Crippen LogP contribution in [0.25, 0.3) is 0 Å². The molecule has 11 atom stereocenters. The van der Waals surface area contributed by atoms with Gasteiger partial charge < -0.3 is 38.3 Å². The number of benzene rings is 5. The summed E-state index contributed by atoms with van der Waals surface area (Å²) in [5, 5.41) is 12.4. The van der Waals surface area contributed by atoms with Gasteiger partial charge in [0.2, 0.25) is 0 Å². The van der Waals surface area contributed by atoms with Gasteiger partial charge in [0, 0.05) is 5.92 Å². The Kier molecular flexibility index (Phi) is 15.3. The molecule has 0 spiro atoms. The molecule has 8 heteroatoms. The van der Waals surface area contributed by atoms with Crippen molar-refractivity contribution in [1.82, 2.24) is 0 Å². The van der Waals surface area contributed by atoms with E-state index in [4.69, 9.17) is 33.2 Å². The summed E-state index contributed by atoms with van der Waals surface area (Å²) in [4.78, 5) is 0. The Balaban J connectivity index is 1.19. The maximum Gasteiger partial charge on any atom is 0.185 e. The predicted octanol–water partition coefficient (Wildman–Crippen LogP) is 8.94. The van der Waals surface area contributed by atoms with Crippen molar-refractivity contribution >= 4 is 0 Å². The van der Waals surface area contributed by atoms with Crippen LogP contribution in [0.5, 0.6) is 0 Å². The van der Waals surface area contributed by atoms with Crippen LogP contribution in [-0.2, 0) is 66.2 Å². The average Bonchev–Trinajstić information content (AvgIpc) is 3.27. The number of hydrogen-bond acceptors (Lipinski definition) is 8. The van der Waals surface area contributed by atoms with Crippen LogP contribution in [0, 0.1) is 17.8 Å². The van der Waals surface area contributed by atoms with Gasteiger partial charge in [-0.25, -0.2) is 0 Å². The van der Waals surface area contributed by atoms with Crippen LogP contribution in [-0.4, -0.2) is 60.7 Å². The molecule has 0 bridgehead atoms. The lowest BCUT2D eigenvalue weighted by molar-refractivity contribution is -0.338. The van der Waals surface area contributed by atoms with Gasteiger partial charge in [-0.05, 0) is 39.7 Å². The maximum atomic E-state index is 12.4. The molecule has 0 aromatic heterocycles. The molecule has 2 fully saturated rings. The average molecular weight is 787 g/mol. The first-order chi connectivity index (χ1) is 28.4. The quantitative estimate of drug-likeness (QED) is 0.0944. The molecule has 2 aliphatic rings. The highest BCUT2D eigenvalue weighted by molar-refractivity contribution is 5.17. The molecule has 5 aromatic carbocycles. The molecule has 1 aliphatic heterocycles. The Bertz CT molecular complexity index is 1880. The summed E-state index contributed by atoms with van der Waals surface area (Å²) in [7, 11) is 0. The van der Waals surface area contributed by atoms with E-state index in [0.717, 1.165) is 27.8 Å². The lowest BCUT2D eigenvalue weighted by atomic mass is 9.78. The molecule has 8 nitrogen and oxygen atoms in total. The summed E-state index contributed by atoms with van der Waals surface area (Å²) >= 11 is 0. The smallest absolute Gasteiger partial charge is 0.185 e. The van der Waals surface area contributed by atoms with Crippen molar-refractivity contribution in [2.45, 2.75) is 103 Å². The zero-order valence-corrected chi connectivity index (χ0v) is 33.8. The third-order valence-electron chi connectivity index (χ3n) is 11.7. The highest BCUT2D eigenvalue weighted by atomic mass is 16.7. The third kappa shape index (κ3) is 11.1. The molecule has 306 valence electrons. The van der Waals surface area contributed by atoms with Gasteiger partial charge in [-0.1, -0.05) is 172 Å². The van der Waals surface area contributed by atoms with Gasteiger partial charge in [0.05, 0.1) is 58.0 Å². The van der Waals surface area contributed by atoms with E-state index in [9.17, 15) is 5.11 Å². The first-order valence-corrected chi connectivity index (χ1v) is 20.7. The van der Waals surface area contributed by atoms with Crippen LogP contribution in [0.1, 0.15) is 48.6 Å². The zero-order valence-electron chi connectivity index (χ0n) is 33.8. The van der Waals surface area contributed by atoms with Gasteiger partial charge in [0.25, 0.3) is 0 Å². The van der Waals surface area contributed by atoms with Gasteiger partial charge in [-0.3, -0.25) is 0 Å². The highest BCUT2D eigenvalue weighted by Crippen LogP contribution is 2.40. The normalized spacial score (nSPS) is 28.6. The summed E-state index contributed by atoms with van der Waals surface area (Å²) < 4.78 is 47.4. The van der Waals surface area contributed by atoms with Crippen molar-refractivity contribution in [3.05, 3.63) is 179 Å². The molecule has 7 rings (SSSR count). The Morgan fingerprint density at radius 2 is 0.776 bits per heavy atom. The molecule has 0 radical (unpaired) electrons. The second kappa shape index (κ2) is 21.2. The molecule has 1 saturated carbocycles. The molecule has 5 aromatic rings. The molecule has 1 saturated heterocycles. The van der Waals surface area contributed by atoms with E-state index in [1.165, 1.54) is 0 Å². The molecular formula is C50H58O8. The molecule has 1 heterocycles. The summed E-state index contributed by atoms with van der Waals surface area (Å²) in [5.41, 5.74) is 5.20. The van der Waals surface area contributed by atoms with Crippen LogP contribution in [0.2, 0.25) is 0 Å².